The summed E-state index contributed by atoms with van der Waals surface area (Å²) < 4.78 is 5.85. The van der Waals surface area contributed by atoms with Gasteiger partial charge in [0.1, 0.15) is 11.0 Å². The van der Waals surface area contributed by atoms with E-state index >= 15 is 0 Å². The molecule has 0 aliphatic carbocycles. The molecule has 1 amide bonds. The van der Waals surface area contributed by atoms with Crippen molar-refractivity contribution in [2.75, 3.05) is 19.7 Å². The number of fused-ring (bicyclic) bond motifs is 1. The minimum absolute atomic E-state index is 0.0258. The van der Waals surface area contributed by atoms with Gasteiger partial charge in [-0.05, 0) is 36.6 Å². The second-order valence-corrected chi connectivity index (χ2v) is 6.30. The highest BCUT2D eigenvalue weighted by Crippen LogP contribution is 2.17. The van der Waals surface area contributed by atoms with E-state index in [0.717, 1.165) is 18.4 Å². The number of nitrogens with one attached hydrogen (secondary N) is 1. The van der Waals surface area contributed by atoms with E-state index in [0.29, 0.717) is 30.8 Å². The quantitative estimate of drug-likeness (QED) is 0.794. The molecule has 2 aromatic carbocycles. The fourth-order valence-corrected chi connectivity index (χ4v) is 3.21. The standard InChI is InChI=1S/C19H20N4O2/c24-19(15-7-9-17-18(12-15)21-22-20-17)23-10-11-25-16(13-23)8-6-14-4-2-1-3-5-14/h1-5,7,9,12,16H,6,8,10-11,13H2,(H,20,21,22)/t16-/m0/s1. The average molecular weight is 336 g/mol. The Bertz CT molecular complexity index is 862. The largest absolute Gasteiger partial charge is 0.375 e. The smallest absolute Gasteiger partial charge is 0.254 e. The van der Waals surface area contributed by atoms with E-state index in [1.54, 1.807) is 6.07 Å². The first kappa shape index (κ1) is 15.8. The predicted octanol–water partition coefficient (Wildman–Crippen LogP) is 2.43. The minimum atomic E-state index is 0.0258. The van der Waals surface area contributed by atoms with Gasteiger partial charge in [0, 0.05) is 18.7 Å². The van der Waals surface area contributed by atoms with Crippen molar-refractivity contribution in [1.82, 2.24) is 20.3 Å². The summed E-state index contributed by atoms with van der Waals surface area (Å²) in [5.41, 5.74) is 3.41. The van der Waals surface area contributed by atoms with Crippen LogP contribution in [0.4, 0.5) is 0 Å². The molecule has 1 aliphatic heterocycles. The number of ether oxygens (including phenoxy) is 1. The van der Waals surface area contributed by atoms with Gasteiger partial charge < -0.3 is 9.64 Å². The van der Waals surface area contributed by atoms with Gasteiger partial charge >= 0.3 is 0 Å². The highest BCUT2D eigenvalue weighted by Gasteiger charge is 2.25. The molecule has 0 saturated carbocycles. The van der Waals surface area contributed by atoms with Crippen LogP contribution in [-0.4, -0.2) is 52.0 Å². The van der Waals surface area contributed by atoms with Crippen LogP contribution in [0.1, 0.15) is 22.3 Å². The Kier molecular flexibility index (Phi) is 4.43. The first-order valence-corrected chi connectivity index (χ1v) is 8.55. The van der Waals surface area contributed by atoms with Crippen LogP contribution in [0.5, 0.6) is 0 Å². The number of aromatic nitrogens is 3. The Morgan fingerprint density at radius 2 is 2.00 bits per heavy atom. The van der Waals surface area contributed by atoms with Crippen LogP contribution >= 0.6 is 0 Å². The maximum Gasteiger partial charge on any atom is 0.254 e. The Morgan fingerprint density at radius 1 is 1.16 bits per heavy atom. The van der Waals surface area contributed by atoms with Crippen molar-refractivity contribution in [2.45, 2.75) is 18.9 Å². The lowest BCUT2D eigenvalue weighted by atomic mass is 10.1. The summed E-state index contributed by atoms with van der Waals surface area (Å²) in [5, 5.41) is 10.6. The number of hydrogen-bond donors (Lipinski definition) is 1. The van der Waals surface area contributed by atoms with E-state index in [9.17, 15) is 4.79 Å². The number of aromatic amines is 1. The fraction of sp³-hybridized carbons (Fsp3) is 0.316. The lowest BCUT2D eigenvalue weighted by molar-refractivity contribution is -0.0245. The van der Waals surface area contributed by atoms with Crippen molar-refractivity contribution in [2.24, 2.45) is 0 Å². The van der Waals surface area contributed by atoms with Gasteiger partial charge in [-0.2, -0.15) is 15.4 Å². The van der Waals surface area contributed by atoms with Crippen molar-refractivity contribution < 1.29 is 9.53 Å². The number of aryl methyl sites for hydroxylation is 1. The number of hydrogen-bond acceptors (Lipinski definition) is 4. The number of morpholine rings is 1. The predicted molar refractivity (Wildman–Crippen MR) is 94.3 cm³/mol. The van der Waals surface area contributed by atoms with Crippen molar-refractivity contribution in [1.29, 1.82) is 0 Å². The van der Waals surface area contributed by atoms with Crippen molar-refractivity contribution >= 4 is 16.9 Å². The maximum atomic E-state index is 12.8. The highest BCUT2D eigenvalue weighted by atomic mass is 16.5. The first-order valence-electron chi connectivity index (χ1n) is 8.55. The van der Waals surface area contributed by atoms with E-state index in [1.807, 2.05) is 35.2 Å². The molecule has 1 aromatic heterocycles. The highest BCUT2D eigenvalue weighted by molar-refractivity contribution is 5.97. The van der Waals surface area contributed by atoms with Gasteiger partial charge in [-0.1, -0.05) is 30.3 Å². The first-order chi connectivity index (χ1) is 12.3. The summed E-state index contributed by atoms with van der Waals surface area (Å²) in [6, 6.07) is 15.8. The molecule has 6 nitrogen and oxygen atoms in total. The van der Waals surface area contributed by atoms with Crippen LogP contribution < -0.4 is 0 Å². The van der Waals surface area contributed by atoms with E-state index in [4.69, 9.17) is 4.74 Å². The number of amides is 1. The molecular weight excluding hydrogens is 316 g/mol. The summed E-state index contributed by atoms with van der Waals surface area (Å²) in [4.78, 5) is 14.7. The van der Waals surface area contributed by atoms with Gasteiger partial charge in [-0.25, -0.2) is 0 Å². The summed E-state index contributed by atoms with van der Waals surface area (Å²) in [6.45, 7) is 1.83. The topological polar surface area (TPSA) is 71.1 Å². The van der Waals surface area contributed by atoms with Crippen LogP contribution in [0.2, 0.25) is 0 Å². The molecule has 1 atom stereocenters. The van der Waals surface area contributed by atoms with Crippen LogP contribution in [0.15, 0.2) is 48.5 Å². The number of rotatable bonds is 4. The molecule has 0 unspecified atom stereocenters. The van der Waals surface area contributed by atoms with Crippen molar-refractivity contribution in [3.05, 3.63) is 59.7 Å². The van der Waals surface area contributed by atoms with Gasteiger partial charge in [0.25, 0.3) is 5.91 Å². The summed E-state index contributed by atoms with van der Waals surface area (Å²) >= 11 is 0. The third-order valence-electron chi connectivity index (χ3n) is 4.59. The number of carbonyl (C=O) groups excluding carboxylic acids is 1. The Hall–Kier alpha value is -2.73. The molecule has 0 spiro atoms. The monoisotopic (exact) mass is 336 g/mol. The fourth-order valence-electron chi connectivity index (χ4n) is 3.21. The van der Waals surface area contributed by atoms with E-state index in [2.05, 4.69) is 27.5 Å². The molecule has 6 heteroatoms. The molecule has 4 rings (SSSR count). The third kappa shape index (κ3) is 3.53. The molecule has 0 bridgehead atoms. The average Bonchev–Trinajstić information content (AvgIpc) is 3.14. The third-order valence-corrected chi connectivity index (χ3v) is 4.59. The lowest BCUT2D eigenvalue weighted by Gasteiger charge is -2.33. The number of nitrogens with zero attached hydrogens (tertiary/aromatic N) is 3. The lowest BCUT2D eigenvalue weighted by Crippen LogP contribution is -2.45. The number of benzene rings is 2. The van der Waals surface area contributed by atoms with Crippen LogP contribution in [-0.2, 0) is 11.2 Å². The maximum absolute atomic E-state index is 12.8. The zero-order valence-corrected chi connectivity index (χ0v) is 13.9. The van der Waals surface area contributed by atoms with Gasteiger partial charge in [-0.15, -0.1) is 0 Å². The Balaban J connectivity index is 1.40. The van der Waals surface area contributed by atoms with Crippen molar-refractivity contribution in [3.8, 4) is 0 Å². The van der Waals surface area contributed by atoms with Crippen LogP contribution in [0.25, 0.3) is 11.0 Å². The molecule has 25 heavy (non-hydrogen) atoms. The van der Waals surface area contributed by atoms with E-state index in [1.165, 1.54) is 5.56 Å². The number of carbonyl (C=O) groups is 1. The minimum Gasteiger partial charge on any atom is -0.375 e. The van der Waals surface area contributed by atoms with E-state index < -0.39 is 0 Å². The Morgan fingerprint density at radius 3 is 2.88 bits per heavy atom. The molecule has 1 fully saturated rings. The summed E-state index contributed by atoms with van der Waals surface area (Å²) in [5.74, 6) is 0.0258. The molecule has 1 N–H and O–H groups in total. The van der Waals surface area contributed by atoms with Gasteiger partial charge in [0.05, 0.1) is 12.7 Å². The van der Waals surface area contributed by atoms with Gasteiger partial charge in [0.2, 0.25) is 0 Å². The molecule has 0 radical (unpaired) electrons. The zero-order valence-electron chi connectivity index (χ0n) is 13.9. The van der Waals surface area contributed by atoms with Gasteiger partial charge in [0.15, 0.2) is 0 Å². The molecular formula is C19H20N4O2. The molecule has 2 heterocycles. The molecule has 3 aromatic rings. The van der Waals surface area contributed by atoms with E-state index in [-0.39, 0.29) is 12.0 Å². The molecule has 128 valence electrons. The zero-order chi connectivity index (χ0) is 17.1. The second kappa shape index (κ2) is 7.03. The normalized spacial score (nSPS) is 17.8. The van der Waals surface area contributed by atoms with Crippen LogP contribution in [0.3, 0.4) is 0 Å². The number of H-pyrrole nitrogens is 1. The van der Waals surface area contributed by atoms with Crippen LogP contribution in [0, 0.1) is 0 Å². The molecule has 1 saturated heterocycles. The summed E-state index contributed by atoms with van der Waals surface area (Å²) in [6.07, 6.45) is 1.95. The second-order valence-electron chi connectivity index (χ2n) is 6.30. The SMILES string of the molecule is O=C(c1ccc2n[nH]nc2c1)N1CCO[C@@H](CCc2ccccc2)C1. The van der Waals surface area contributed by atoms with Crippen molar-refractivity contribution in [3.63, 3.8) is 0 Å². The van der Waals surface area contributed by atoms with Gasteiger partial charge in [-0.3, -0.25) is 4.79 Å². The summed E-state index contributed by atoms with van der Waals surface area (Å²) in [7, 11) is 0. The Labute approximate surface area is 145 Å². The molecule has 1 aliphatic rings.